The highest BCUT2D eigenvalue weighted by Gasteiger charge is 2.13. The SMILES string of the molecule is C=CCn1c(SCc2ccc(Cl)nc2)nnc1-c1ccccc1. The Labute approximate surface area is 144 Å². The first-order valence-electron chi connectivity index (χ1n) is 7.10. The molecule has 0 saturated carbocycles. The van der Waals surface area contributed by atoms with E-state index in [1.54, 1.807) is 24.0 Å². The number of hydrogen-bond acceptors (Lipinski definition) is 4. The van der Waals surface area contributed by atoms with Crippen molar-refractivity contribution in [2.45, 2.75) is 17.5 Å². The summed E-state index contributed by atoms with van der Waals surface area (Å²) >= 11 is 7.43. The second kappa shape index (κ2) is 7.44. The predicted molar refractivity (Wildman–Crippen MR) is 94.5 cm³/mol. The topological polar surface area (TPSA) is 43.6 Å². The standard InChI is InChI=1S/C17H15ClN4S/c1-2-10-22-16(14-6-4-3-5-7-14)20-21-17(22)23-12-13-8-9-15(18)19-11-13/h2-9,11H,1,10,12H2. The van der Waals surface area contributed by atoms with E-state index in [-0.39, 0.29) is 0 Å². The molecule has 2 heterocycles. The third-order valence-electron chi connectivity index (χ3n) is 3.22. The summed E-state index contributed by atoms with van der Waals surface area (Å²) in [5.41, 5.74) is 2.13. The van der Waals surface area contributed by atoms with Crippen LogP contribution in [0.3, 0.4) is 0 Å². The normalized spacial score (nSPS) is 10.7. The van der Waals surface area contributed by atoms with E-state index in [4.69, 9.17) is 11.6 Å². The van der Waals surface area contributed by atoms with E-state index in [0.717, 1.165) is 27.9 Å². The summed E-state index contributed by atoms with van der Waals surface area (Å²) < 4.78 is 2.07. The van der Waals surface area contributed by atoms with Crippen molar-refractivity contribution in [3.63, 3.8) is 0 Å². The van der Waals surface area contributed by atoms with Gasteiger partial charge in [-0.15, -0.1) is 16.8 Å². The molecule has 0 amide bonds. The van der Waals surface area contributed by atoms with Gasteiger partial charge in [0.15, 0.2) is 11.0 Å². The zero-order valence-corrected chi connectivity index (χ0v) is 14.0. The van der Waals surface area contributed by atoms with Gasteiger partial charge in [-0.1, -0.05) is 65.8 Å². The molecule has 23 heavy (non-hydrogen) atoms. The fourth-order valence-electron chi connectivity index (χ4n) is 2.13. The third kappa shape index (κ3) is 3.81. The molecule has 0 fully saturated rings. The molecule has 0 atom stereocenters. The van der Waals surface area contributed by atoms with E-state index in [1.807, 2.05) is 42.5 Å². The lowest BCUT2D eigenvalue weighted by molar-refractivity contribution is 0.731. The lowest BCUT2D eigenvalue weighted by atomic mass is 10.2. The number of aromatic nitrogens is 4. The second-order valence-corrected chi connectivity index (χ2v) is 6.18. The number of allylic oxidation sites excluding steroid dienone is 1. The number of nitrogens with zero attached hydrogens (tertiary/aromatic N) is 4. The Balaban J connectivity index is 1.83. The zero-order chi connectivity index (χ0) is 16.1. The van der Waals surface area contributed by atoms with Crippen LogP contribution in [0.25, 0.3) is 11.4 Å². The second-order valence-electron chi connectivity index (χ2n) is 4.85. The number of hydrogen-bond donors (Lipinski definition) is 0. The summed E-state index contributed by atoms with van der Waals surface area (Å²) in [4.78, 5) is 4.10. The average Bonchev–Trinajstić information content (AvgIpc) is 2.98. The van der Waals surface area contributed by atoms with Crippen LogP contribution in [0.15, 0.2) is 66.5 Å². The Bertz CT molecular complexity index is 784. The van der Waals surface area contributed by atoms with Crippen molar-refractivity contribution in [1.82, 2.24) is 19.7 Å². The highest BCUT2D eigenvalue weighted by atomic mass is 35.5. The van der Waals surface area contributed by atoms with E-state index in [0.29, 0.717) is 11.7 Å². The summed E-state index contributed by atoms with van der Waals surface area (Å²) in [6.45, 7) is 4.49. The van der Waals surface area contributed by atoms with Crippen LogP contribution in [-0.2, 0) is 12.3 Å². The van der Waals surface area contributed by atoms with Crippen LogP contribution in [0.2, 0.25) is 5.15 Å². The Morgan fingerprint density at radius 3 is 2.65 bits per heavy atom. The minimum Gasteiger partial charge on any atom is -0.298 e. The van der Waals surface area contributed by atoms with Gasteiger partial charge in [-0.05, 0) is 11.6 Å². The van der Waals surface area contributed by atoms with Gasteiger partial charge in [-0.2, -0.15) is 0 Å². The van der Waals surface area contributed by atoms with Gasteiger partial charge in [-0.3, -0.25) is 4.57 Å². The lowest BCUT2D eigenvalue weighted by Crippen LogP contribution is -2.00. The first-order valence-corrected chi connectivity index (χ1v) is 8.47. The van der Waals surface area contributed by atoms with E-state index < -0.39 is 0 Å². The minimum atomic E-state index is 0.500. The molecular weight excluding hydrogens is 328 g/mol. The maximum atomic E-state index is 5.81. The molecule has 0 unspecified atom stereocenters. The molecule has 0 saturated heterocycles. The van der Waals surface area contributed by atoms with Gasteiger partial charge in [0, 0.05) is 24.1 Å². The summed E-state index contributed by atoms with van der Waals surface area (Å²) in [6, 6.07) is 13.8. The van der Waals surface area contributed by atoms with Crippen LogP contribution >= 0.6 is 23.4 Å². The fourth-order valence-corrected chi connectivity index (χ4v) is 3.12. The minimum absolute atomic E-state index is 0.500. The predicted octanol–water partition coefficient (Wildman–Crippen LogP) is 4.47. The molecular formula is C17H15ClN4S. The van der Waals surface area contributed by atoms with Crippen molar-refractivity contribution < 1.29 is 0 Å². The van der Waals surface area contributed by atoms with Gasteiger partial charge in [-0.25, -0.2) is 4.98 Å². The van der Waals surface area contributed by atoms with Gasteiger partial charge in [0.25, 0.3) is 0 Å². The Kier molecular flexibility index (Phi) is 5.10. The zero-order valence-electron chi connectivity index (χ0n) is 12.4. The number of rotatable bonds is 6. The van der Waals surface area contributed by atoms with E-state index >= 15 is 0 Å². The fraction of sp³-hybridized carbons (Fsp3) is 0.118. The molecule has 6 heteroatoms. The quantitative estimate of drug-likeness (QED) is 0.376. The third-order valence-corrected chi connectivity index (χ3v) is 4.48. The van der Waals surface area contributed by atoms with Gasteiger partial charge >= 0.3 is 0 Å². The van der Waals surface area contributed by atoms with Crippen LogP contribution in [0.1, 0.15) is 5.56 Å². The van der Waals surface area contributed by atoms with Crippen LogP contribution in [-0.4, -0.2) is 19.7 Å². The van der Waals surface area contributed by atoms with Crippen molar-refractivity contribution in [3.05, 3.63) is 72.0 Å². The lowest BCUT2D eigenvalue weighted by Gasteiger charge is -2.07. The highest BCUT2D eigenvalue weighted by Crippen LogP contribution is 2.26. The van der Waals surface area contributed by atoms with E-state index in [1.165, 1.54) is 0 Å². The van der Waals surface area contributed by atoms with Crippen molar-refractivity contribution in [2.24, 2.45) is 0 Å². The van der Waals surface area contributed by atoms with Crippen LogP contribution in [0.5, 0.6) is 0 Å². The van der Waals surface area contributed by atoms with Crippen LogP contribution in [0, 0.1) is 0 Å². The molecule has 0 spiro atoms. The molecule has 0 aliphatic carbocycles. The molecule has 3 aromatic rings. The number of thioether (sulfide) groups is 1. The first kappa shape index (κ1) is 15.8. The largest absolute Gasteiger partial charge is 0.298 e. The molecule has 0 aliphatic rings. The van der Waals surface area contributed by atoms with Gasteiger partial charge in [0.1, 0.15) is 5.15 Å². The first-order chi connectivity index (χ1) is 11.3. The van der Waals surface area contributed by atoms with Crippen LogP contribution < -0.4 is 0 Å². The van der Waals surface area contributed by atoms with Gasteiger partial charge < -0.3 is 0 Å². The molecule has 0 N–H and O–H groups in total. The maximum Gasteiger partial charge on any atom is 0.192 e. The maximum absolute atomic E-state index is 5.81. The van der Waals surface area contributed by atoms with Crippen molar-refractivity contribution in [3.8, 4) is 11.4 Å². The van der Waals surface area contributed by atoms with Crippen molar-refractivity contribution >= 4 is 23.4 Å². The van der Waals surface area contributed by atoms with Crippen molar-refractivity contribution in [1.29, 1.82) is 0 Å². The van der Waals surface area contributed by atoms with Crippen LogP contribution in [0.4, 0.5) is 0 Å². The monoisotopic (exact) mass is 342 g/mol. The Morgan fingerprint density at radius 2 is 1.96 bits per heavy atom. The van der Waals surface area contributed by atoms with Gasteiger partial charge in [0.2, 0.25) is 0 Å². The van der Waals surface area contributed by atoms with E-state index in [2.05, 4.69) is 26.3 Å². The summed E-state index contributed by atoms with van der Waals surface area (Å²) in [5, 5.41) is 10.0. The molecule has 2 aromatic heterocycles. The Hall–Kier alpha value is -2.11. The molecule has 1 aromatic carbocycles. The summed E-state index contributed by atoms with van der Waals surface area (Å²) in [6.07, 6.45) is 3.63. The molecule has 116 valence electrons. The van der Waals surface area contributed by atoms with Crippen molar-refractivity contribution in [2.75, 3.05) is 0 Å². The highest BCUT2D eigenvalue weighted by molar-refractivity contribution is 7.98. The average molecular weight is 343 g/mol. The van der Waals surface area contributed by atoms with Gasteiger partial charge in [0.05, 0.1) is 0 Å². The molecule has 0 bridgehead atoms. The molecule has 0 aliphatic heterocycles. The summed E-state index contributed by atoms with van der Waals surface area (Å²) in [7, 11) is 0. The summed E-state index contributed by atoms with van der Waals surface area (Å²) in [5.74, 6) is 1.61. The number of halogens is 1. The molecule has 0 radical (unpaired) electrons. The number of benzene rings is 1. The smallest absolute Gasteiger partial charge is 0.192 e. The molecule has 3 rings (SSSR count). The Morgan fingerprint density at radius 1 is 1.13 bits per heavy atom. The number of pyridine rings is 1. The molecule has 4 nitrogen and oxygen atoms in total. The van der Waals surface area contributed by atoms with E-state index in [9.17, 15) is 0 Å².